The van der Waals surface area contributed by atoms with Gasteiger partial charge in [-0.3, -0.25) is 0 Å². The second kappa shape index (κ2) is 37.7. The molecule has 0 atom stereocenters. The highest BCUT2D eigenvalue weighted by atomic mass is 16.4. The first-order valence-electron chi connectivity index (χ1n) is 10.6. The predicted octanol–water partition coefficient (Wildman–Crippen LogP) is 12.2. The van der Waals surface area contributed by atoms with E-state index in [0.29, 0.717) is 0 Å². The van der Waals surface area contributed by atoms with Crippen LogP contribution in [-0.2, 0) is 4.74 Å². The summed E-state index contributed by atoms with van der Waals surface area (Å²) in [6.45, 7) is 12.0. The van der Waals surface area contributed by atoms with Gasteiger partial charge in [-0.15, -0.1) is 0 Å². The average Bonchev–Trinajstić information content (AvgIpc) is 2.84. The second-order valence-electron chi connectivity index (χ2n) is 5.10. The van der Waals surface area contributed by atoms with Crippen molar-refractivity contribution in [1.29, 1.82) is 0 Å². The summed E-state index contributed by atoms with van der Waals surface area (Å²) in [4.78, 5) is 0. The first-order valence-corrected chi connectivity index (χ1v) is 10.6. The van der Waals surface area contributed by atoms with Crippen molar-refractivity contribution in [1.82, 2.24) is 0 Å². The number of hydrogen-bond acceptors (Lipinski definition) is 1. The summed E-state index contributed by atoms with van der Waals surface area (Å²) >= 11 is 0. The molecule has 0 aliphatic rings. The summed E-state index contributed by atoms with van der Waals surface area (Å²) in [7, 11) is 3.25. The van der Waals surface area contributed by atoms with Gasteiger partial charge in [0, 0.05) is 14.2 Å². The molecule has 4 rings (SSSR count). The lowest BCUT2D eigenvalue weighted by molar-refractivity contribution is 0.277. The van der Waals surface area contributed by atoms with Crippen molar-refractivity contribution in [3.05, 3.63) is 97.1 Å². The number of hydrogen-bond donors (Lipinski definition) is 0. The van der Waals surface area contributed by atoms with Crippen molar-refractivity contribution in [2.45, 2.75) is 78.7 Å². The van der Waals surface area contributed by atoms with Gasteiger partial charge in [-0.2, -0.15) is 0 Å². The molecule has 0 saturated carbocycles. The Labute approximate surface area is 216 Å². The van der Waals surface area contributed by atoms with Crippen molar-refractivity contribution in [3.63, 3.8) is 0 Å². The number of benzene rings is 4. The van der Waals surface area contributed by atoms with Crippen LogP contribution in [0.3, 0.4) is 0 Å². The number of fused-ring (bicyclic) bond motifs is 2. The van der Waals surface area contributed by atoms with E-state index in [0.717, 1.165) is 0 Å². The quantitative estimate of drug-likeness (QED) is 0.247. The van der Waals surface area contributed by atoms with E-state index >= 15 is 0 Å². The van der Waals surface area contributed by atoms with Crippen LogP contribution in [0.2, 0.25) is 0 Å². The maximum Gasteiger partial charge on any atom is 0.0351 e. The van der Waals surface area contributed by atoms with E-state index in [2.05, 4.69) is 102 Å². The standard InChI is InChI=1S/2C10H8.C2H6O.3C2H6.5CH4/c2*1-2-6-10-8-4-3-7-9(10)5-1;1-3-2;3*1-2;;;;;/h2*1-8H;1-2H3;3*1-2H3;5*1H4. The van der Waals surface area contributed by atoms with Gasteiger partial charge >= 0.3 is 0 Å². The normalized spacial score (nSPS) is 6.94. The summed E-state index contributed by atoms with van der Waals surface area (Å²) in [6.07, 6.45) is 0. The SMILES string of the molecule is C.C.C.C.C.CC.CC.CC.COC.c1ccc2ccccc2c1.c1ccc2ccccc2c1. The van der Waals surface area contributed by atoms with Gasteiger partial charge in [-0.05, 0) is 21.5 Å². The zero-order valence-electron chi connectivity index (χ0n) is 19.6. The van der Waals surface area contributed by atoms with Crippen LogP contribution in [0.5, 0.6) is 0 Å². The Morgan fingerprint density at radius 1 is 0.324 bits per heavy atom. The van der Waals surface area contributed by atoms with Gasteiger partial charge in [0.25, 0.3) is 0 Å². The van der Waals surface area contributed by atoms with Crippen molar-refractivity contribution in [3.8, 4) is 0 Å². The van der Waals surface area contributed by atoms with Gasteiger partial charge in [0.15, 0.2) is 0 Å². The Hall–Kier alpha value is -2.64. The molecule has 198 valence electrons. The molecule has 4 aromatic rings. The predicted molar refractivity (Wildman–Crippen MR) is 169 cm³/mol. The Bertz CT molecular complexity index is 635. The van der Waals surface area contributed by atoms with E-state index in [-0.39, 0.29) is 37.1 Å². The molecule has 0 unspecified atom stereocenters. The zero-order valence-corrected chi connectivity index (χ0v) is 19.6. The molecular weight excluding hydrogens is 412 g/mol. The van der Waals surface area contributed by atoms with Crippen molar-refractivity contribution >= 4 is 21.5 Å². The molecule has 0 fully saturated rings. The molecule has 0 aliphatic heterocycles. The molecule has 0 saturated heterocycles. The van der Waals surface area contributed by atoms with Crippen LogP contribution in [0.15, 0.2) is 97.1 Å². The van der Waals surface area contributed by atoms with Crippen molar-refractivity contribution in [2.24, 2.45) is 0 Å². The third-order valence-corrected chi connectivity index (χ3v) is 3.32. The highest BCUT2D eigenvalue weighted by Gasteiger charge is 1.86. The lowest BCUT2D eigenvalue weighted by atomic mass is 10.1. The fourth-order valence-corrected chi connectivity index (χ4v) is 2.27. The minimum absolute atomic E-state index is 0. The molecule has 34 heavy (non-hydrogen) atoms. The first kappa shape index (κ1) is 48.7. The zero-order chi connectivity index (χ0) is 22.3. The molecule has 0 heterocycles. The molecule has 0 aromatic heterocycles. The average molecular weight is 473 g/mol. The van der Waals surface area contributed by atoms with Gasteiger partial charge in [0.1, 0.15) is 0 Å². The lowest BCUT2D eigenvalue weighted by Gasteiger charge is -1.92. The fraction of sp³-hybridized carbons (Fsp3) is 0.394. The van der Waals surface area contributed by atoms with Gasteiger partial charge in [0.2, 0.25) is 0 Å². The van der Waals surface area contributed by atoms with E-state index in [1.54, 1.807) is 14.2 Å². The Balaban J connectivity index is -0.0000000580. The molecule has 0 spiro atoms. The molecule has 1 heteroatoms. The summed E-state index contributed by atoms with van der Waals surface area (Å²) < 4.78 is 4.25. The van der Waals surface area contributed by atoms with E-state index in [4.69, 9.17) is 0 Å². The summed E-state index contributed by atoms with van der Waals surface area (Å²) in [5.41, 5.74) is 0. The number of rotatable bonds is 0. The third-order valence-electron chi connectivity index (χ3n) is 3.32. The smallest absolute Gasteiger partial charge is 0.0351 e. The van der Waals surface area contributed by atoms with E-state index in [1.165, 1.54) is 21.5 Å². The molecule has 0 bridgehead atoms. The van der Waals surface area contributed by atoms with Crippen LogP contribution in [0.1, 0.15) is 78.7 Å². The van der Waals surface area contributed by atoms with Crippen LogP contribution in [0, 0.1) is 0 Å². The minimum atomic E-state index is 0. The van der Waals surface area contributed by atoms with E-state index < -0.39 is 0 Å². The lowest BCUT2D eigenvalue weighted by Crippen LogP contribution is -1.67. The van der Waals surface area contributed by atoms with Gasteiger partial charge < -0.3 is 4.74 Å². The molecule has 0 aliphatic carbocycles. The van der Waals surface area contributed by atoms with Crippen LogP contribution in [0.4, 0.5) is 0 Å². The van der Waals surface area contributed by atoms with Crippen LogP contribution in [-0.4, -0.2) is 14.2 Å². The Kier molecular flexibility index (Phi) is 54.0. The minimum Gasteiger partial charge on any atom is -0.388 e. The second-order valence-corrected chi connectivity index (χ2v) is 5.10. The number of methoxy groups -OCH3 is 1. The number of ether oxygens (including phenoxy) is 1. The maximum atomic E-state index is 4.25. The molecule has 4 aromatic carbocycles. The van der Waals surface area contributed by atoms with Crippen molar-refractivity contribution in [2.75, 3.05) is 14.2 Å². The Morgan fingerprint density at radius 2 is 0.412 bits per heavy atom. The highest BCUT2D eigenvalue weighted by molar-refractivity contribution is 5.82. The first-order chi connectivity index (χ1) is 14.3. The third kappa shape index (κ3) is 21.2. The molecule has 0 N–H and O–H groups in total. The monoisotopic (exact) mass is 472 g/mol. The summed E-state index contributed by atoms with van der Waals surface area (Å²) in [5, 5.41) is 5.24. The van der Waals surface area contributed by atoms with Gasteiger partial charge in [0.05, 0.1) is 0 Å². The molecule has 0 radical (unpaired) electrons. The molecule has 1 nitrogen and oxygen atoms in total. The molecule has 0 amide bonds. The van der Waals surface area contributed by atoms with E-state index in [1.807, 2.05) is 41.5 Å². The topological polar surface area (TPSA) is 9.23 Å². The van der Waals surface area contributed by atoms with E-state index in [9.17, 15) is 0 Å². The largest absolute Gasteiger partial charge is 0.388 e. The highest BCUT2D eigenvalue weighted by Crippen LogP contribution is 2.11. The van der Waals surface area contributed by atoms with Crippen LogP contribution < -0.4 is 0 Å². The van der Waals surface area contributed by atoms with Crippen molar-refractivity contribution < 1.29 is 4.74 Å². The fourth-order valence-electron chi connectivity index (χ4n) is 2.27. The maximum absolute atomic E-state index is 4.25. The summed E-state index contributed by atoms with van der Waals surface area (Å²) in [6, 6.07) is 33.4. The van der Waals surface area contributed by atoms with Gasteiger partial charge in [-0.25, -0.2) is 0 Å². The van der Waals surface area contributed by atoms with Gasteiger partial charge in [-0.1, -0.05) is 176 Å². The Morgan fingerprint density at radius 3 is 0.500 bits per heavy atom. The van der Waals surface area contributed by atoms with Crippen LogP contribution >= 0.6 is 0 Å². The van der Waals surface area contributed by atoms with Crippen LogP contribution in [0.25, 0.3) is 21.5 Å². The molecular formula is C33H60O. The summed E-state index contributed by atoms with van der Waals surface area (Å²) in [5.74, 6) is 0.